The standard InChI is InChI=1S/C13H10Br2F2N2O/c1-6-13(15)10(19(2)18-6)5-11(20)12-8(16)3-7(14)4-9(12)17/h3-4H,5H2,1-2H3. The lowest BCUT2D eigenvalue weighted by atomic mass is 10.1. The summed E-state index contributed by atoms with van der Waals surface area (Å²) >= 11 is 6.30. The third-order valence-electron chi connectivity index (χ3n) is 2.88. The molecular weight excluding hydrogens is 398 g/mol. The summed E-state index contributed by atoms with van der Waals surface area (Å²) in [5, 5.41) is 4.14. The molecule has 1 aromatic carbocycles. The second kappa shape index (κ2) is 5.73. The molecule has 0 amide bonds. The normalized spacial score (nSPS) is 10.9. The van der Waals surface area contributed by atoms with Gasteiger partial charge in [0.05, 0.1) is 27.8 Å². The molecule has 0 atom stereocenters. The summed E-state index contributed by atoms with van der Waals surface area (Å²) in [7, 11) is 1.68. The molecule has 0 radical (unpaired) electrons. The predicted molar refractivity (Wildman–Crippen MR) is 77.7 cm³/mol. The highest BCUT2D eigenvalue weighted by molar-refractivity contribution is 9.10. The van der Waals surface area contributed by atoms with E-state index in [-0.39, 0.29) is 10.9 Å². The van der Waals surface area contributed by atoms with Gasteiger partial charge in [-0.15, -0.1) is 0 Å². The number of ketones is 1. The van der Waals surface area contributed by atoms with E-state index < -0.39 is 23.0 Å². The molecule has 0 aliphatic carbocycles. The summed E-state index contributed by atoms with van der Waals surface area (Å²) in [5.41, 5.74) is 0.764. The van der Waals surface area contributed by atoms with Gasteiger partial charge in [-0.25, -0.2) is 8.78 Å². The highest BCUT2D eigenvalue weighted by Gasteiger charge is 2.21. The Bertz CT molecular complexity index is 675. The predicted octanol–water partition coefficient (Wildman–Crippen LogP) is 3.96. The molecule has 2 aromatic rings. The molecule has 7 heteroatoms. The Morgan fingerprint density at radius 3 is 2.30 bits per heavy atom. The molecule has 0 saturated carbocycles. The van der Waals surface area contributed by atoms with Crippen molar-refractivity contribution in [3.05, 3.63) is 49.7 Å². The summed E-state index contributed by atoms with van der Waals surface area (Å²) in [4.78, 5) is 12.1. The van der Waals surface area contributed by atoms with Crippen LogP contribution in [-0.4, -0.2) is 15.6 Å². The third-order valence-corrected chi connectivity index (χ3v) is 4.36. The van der Waals surface area contributed by atoms with E-state index in [4.69, 9.17) is 0 Å². The van der Waals surface area contributed by atoms with Crippen LogP contribution in [0.5, 0.6) is 0 Å². The van der Waals surface area contributed by atoms with Crippen molar-refractivity contribution in [1.29, 1.82) is 0 Å². The van der Waals surface area contributed by atoms with Gasteiger partial charge in [0.15, 0.2) is 5.78 Å². The van der Waals surface area contributed by atoms with Crippen LogP contribution in [0.3, 0.4) is 0 Å². The maximum absolute atomic E-state index is 13.7. The Morgan fingerprint density at radius 2 is 1.85 bits per heavy atom. The molecule has 20 heavy (non-hydrogen) atoms. The lowest BCUT2D eigenvalue weighted by Gasteiger charge is -2.06. The van der Waals surface area contributed by atoms with E-state index in [1.54, 1.807) is 14.0 Å². The van der Waals surface area contributed by atoms with Crippen molar-refractivity contribution in [2.45, 2.75) is 13.3 Å². The highest BCUT2D eigenvalue weighted by atomic mass is 79.9. The number of carbonyl (C=O) groups excluding carboxylic acids is 1. The zero-order chi connectivity index (χ0) is 15.0. The van der Waals surface area contributed by atoms with Gasteiger partial charge in [0.2, 0.25) is 0 Å². The maximum Gasteiger partial charge on any atom is 0.174 e. The van der Waals surface area contributed by atoms with Crippen LogP contribution in [0.25, 0.3) is 0 Å². The minimum Gasteiger partial charge on any atom is -0.294 e. The average molecular weight is 408 g/mol. The van der Waals surface area contributed by atoms with Gasteiger partial charge < -0.3 is 0 Å². The molecular formula is C13H10Br2F2N2O. The minimum atomic E-state index is -0.878. The first kappa shape index (κ1) is 15.3. The minimum absolute atomic E-state index is 0.132. The van der Waals surface area contributed by atoms with Crippen molar-refractivity contribution >= 4 is 37.6 Å². The van der Waals surface area contributed by atoms with Crippen molar-refractivity contribution < 1.29 is 13.6 Å². The molecule has 1 heterocycles. The molecule has 0 saturated heterocycles. The zero-order valence-corrected chi connectivity index (χ0v) is 13.8. The summed E-state index contributed by atoms with van der Waals surface area (Å²) in [6.07, 6.45) is -0.132. The summed E-state index contributed by atoms with van der Waals surface area (Å²) in [6.45, 7) is 1.78. The van der Waals surface area contributed by atoms with Gasteiger partial charge >= 0.3 is 0 Å². The Labute approximate surface area is 131 Å². The second-order valence-electron chi connectivity index (χ2n) is 4.31. The monoisotopic (exact) mass is 406 g/mol. The van der Waals surface area contributed by atoms with Gasteiger partial charge in [-0.2, -0.15) is 5.10 Å². The van der Waals surface area contributed by atoms with E-state index in [0.717, 1.165) is 12.1 Å². The smallest absolute Gasteiger partial charge is 0.174 e. The number of carbonyl (C=O) groups is 1. The Balaban J connectivity index is 2.38. The molecule has 0 spiro atoms. The Kier molecular flexibility index (Phi) is 4.39. The Morgan fingerprint density at radius 1 is 1.30 bits per heavy atom. The van der Waals surface area contributed by atoms with Crippen molar-refractivity contribution in [2.24, 2.45) is 7.05 Å². The van der Waals surface area contributed by atoms with E-state index in [1.165, 1.54) is 4.68 Å². The van der Waals surface area contributed by atoms with Gasteiger partial charge in [-0.1, -0.05) is 15.9 Å². The van der Waals surface area contributed by atoms with Crippen LogP contribution in [0, 0.1) is 18.6 Å². The SMILES string of the molecule is Cc1nn(C)c(CC(=O)c2c(F)cc(Br)cc2F)c1Br. The number of hydrogen-bond donors (Lipinski definition) is 0. The molecule has 0 unspecified atom stereocenters. The quantitative estimate of drug-likeness (QED) is 0.722. The van der Waals surface area contributed by atoms with Gasteiger partial charge in [-0.05, 0) is 35.0 Å². The van der Waals surface area contributed by atoms with E-state index in [0.29, 0.717) is 15.9 Å². The second-order valence-corrected chi connectivity index (χ2v) is 6.02. The number of Topliss-reactive ketones (excluding diaryl/α,β-unsaturated/α-hetero) is 1. The van der Waals surface area contributed by atoms with Crippen LogP contribution in [0.4, 0.5) is 8.78 Å². The topological polar surface area (TPSA) is 34.9 Å². The van der Waals surface area contributed by atoms with Gasteiger partial charge in [-0.3, -0.25) is 9.48 Å². The number of nitrogens with zero attached hydrogens (tertiary/aromatic N) is 2. The molecule has 0 fully saturated rings. The van der Waals surface area contributed by atoms with E-state index in [9.17, 15) is 13.6 Å². The molecule has 1 aromatic heterocycles. The van der Waals surface area contributed by atoms with Gasteiger partial charge in [0, 0.05) is 11.5 Å². The van der Waals surface area contributed by atoms with Crippen LogP contribution in [0.1, 0.15) is 21.7 Å². The molecule has 2 rings (SSSR count). The summed E-state index contributed by atoms with van der Waals surface area (Å²) in [5.74, 6) is -2.38. The zero-order valence-electron chi connectivity index (χ0n) is 10.7. The molecule has 0 N–H and O–H groups in total. The van der Waals surface area contributed by atoms with E-state index in [2.05, 4.69) is 37.0 Å². The fraction of sp³-hybridized carbons (Fsp3) is 0.231. The molecule has 0 bridgehead atoms. The Hall–Kier alpha value is -1.08. The van der Waals surface area contributed by atoms with Crippen molar-refractivity contribution in [1.82, 2.24) is 9.78 Å². The highest BCUT2D eigenvalue weighted by Crippen LogP contribution is 2.24. The number of aromatic nitrogens is 2. The fourth-order valence-electron chi connectivity index (χ4n) is 1.92. The van der Waals surface area contributed by atoms with Crippen LogP contribution in [0.2, 0.25) is 0 Å². The summed E-state index contributed by atoms with van der Waals surface area (Å²) in [6, 6.07) is 2.14. The van der Waals surface area contributed by atoms with Crippen molar-refractivity contribution in [3.63, 3.8) is 0 Å². The first-order chi connectivity index (χ1) is 9.31. The number of aryl methyl sites for hydroxylation is 2. The number of halogens is 4. The summed E-state index contributed by atoms with van der Waals surface area (Å²) < 4.78 is 29.9. The largest absolute Gasteiger partial charge is 0.294 e. The first-order valence-corrected chi connectivity index (χ1v) is 7.25. The average Bonchev–Trinajstić information content (AvgIpc) is 2.54. The molecule has 3 nitrogen and oxygen atoms in total. The lowest BCUT2D eigenvalue weighted by molar-refractivity contribution is 0.0982. The molecule has 0 aliphatic rings. The van der Waals surface area contributed by atoms with Gasteiger partial charge in [0.25, 0.3) is 0 Å². The first-order valence-electron chi connectivity index (χ1n) is 5.67. The van der Waals surface area contributed by atoms with E-state index >= 15 is 0 Å². The fourth-order valence-corrected chi connectivity index (χ4v) is 2.80. The molecule has 106 valence electrons. The van der Waals surface area contributed by atoms with Crippen molar-refractivity contribution in [2.75, 3.05) is 0 Å². The van der Waals surface area contributed by atoms with Gasteiger partial charge in [0.1, 0.15) is 11.6 Å². The van der Waals surface area contributed by atoms with Crippen LogP contribution >= 0.6 is 31.9 Å². The van der Waals surface area contributed by atoms with Crippen LogP contribution in [0.15, 0.2) is 21.1 Å². The van der Waals surface area contributed by atoms with Crippen LogP contribution < -0.4 is 0 Å². The lowest BCUT2D eigenvalue weighted by Crippen LogP contribution is -2.12. The third kappa shape index (κ3) is 2.83. The van der Waals surface area contributed by atoms with Crippen LogP contribution in [-0.2, 0) is 13.5 Å². The number of benzene rings is 1. The van der Waals surface area contributed by atoms with Crippen molar-refractivity contribution in [3.8, 4) is 0 Å². The molecule has 0 aliphatic heterocycles. The number of hydrogen-bond acceptors (Lipinski definition) is 2. The number of rotatable bonds is 3. The van der Waals surface area contributed by atoms with E-state index in [1.807, 2.05) is 0 Å². The maximum atomic E-state index is 13.7.